The first-order valence-electron chi connectivity index (χ1n) is 6.83. The van der Waals surface area contributed by atoms with Gasteiger partial charge in [0.05, 0.1) is 24.5 Å². The monoisotopic (exact) mass is 323 g/mol. The van der Waals surface area contributed by atoms with E-state index >= 15 is 0 Å². The molecule has 1 N–H and O–H groups in total. The number of hydrogen-bond donors (Lipinski definition) is 1. The number of benzene rings is 1. The molecular weight excluding hydrogens is 312 g/mol. The molecule has 1 fully saturated rings. The van der Waals surface area contributed by atoms with E-state index in [1.54, 1.807) is 12.1 Å². The van der Waals surface area contributed by atoms with E-state index in [1.165, 1.54) is 27.9 Å². The number of halogens is 2. The van der Waals surface area contributed by atoms with Crippen molar-refractivity contribution >= 4 is 11.8 Å². The average molecular weight is 323 g/mol. The summed E-state index contributed by atoms with van der Waals surface area (Å²) in [5.74, 6) is -0.572. The lowest BCUT2D eigenvalue weighted by molar-refractivity contribution is -0.197. The van der Waals surface area contributed by atoms with Crippen molar-refractivity contribution in [2.75, 3.05) is 18.1 Å². The van der Waals surface area contributed by atoms with Gasteiger partial charge in [-0.05, 0) is 12.1 Å². The van der Waals surface area contributed by atoms with Crippen LogP contribution in [0.1, 0.15) is 5.82 Å². The zero-order chi connectivity index (χ0) is 16.2. The van der Waals surface area contributed by atoms with Gasteiger partial charge in [-0.2, -0.15) is 8.78 Å². The minimum absolute atomic E-state index is 0.0711. The van der Waals surface area contributed by atoms with Crippen molar-refractivity contribution in [1.29, 1.82) is 0 Å². The Kier molecular flexibility index (Phi) is 2.82. The second-order valence-corrected chi connectivity index (χ2v) is 5.19. The Hall–Kier alpha value is -2.68. The molecule has 0 saturated carbocycles. The molecule has 4 rings (SSSR count). The number of carbonyl (C=O) groups is 1. The van der Waals surface area contributed by atoms with Crippen molar-refractivity contribution in [3.05, 3.63) is 36.4 Å². The number of nitrogens with zero attached hydrogens (tertiary/aromatic N) is 3. The van der Waals surface area contributed by atoms with Crippen LogP contribution in [0.4, 0.5) is 19.3 Å². The topological polar surface area (TPSA) is 76.8 Å². The number of cyclic esters (lactones) is 1. The van der Waals surface area contributed by atoms with Gasteiger partial charge in [0.2, 0.25) is 5.82 Å². The molecule has 0 bridgehead atoms. The van der Waals surface area contributed by atoms with E-state index in [9.17, 15) is 13.6 Å². The van der Waals surface area contributed by atoms with Crippen LogP contribution < -0.4 is 9.64 Å². The quantitative estimate of drug-likeness (QED) is 0.909. The molecule has 3 heterocycles. The zero-order valence-corrected chi connectivity index (χ0v) is 11.6. The largest absolute Gasteiger partial charge is 0.461 e. The molecule has 7 nitrogen and oxygen atoms in total. The fourth-order valence-electron chi connectivity index (χ4n) is 2.68. The number of alkyl halides is 2. The minimum Gasteiger partial charge on any atom is -0.441 e. The number of ether oxygens (including phenoxy) is 2. The highest BCUT2D eigenvalue weighted by Gasteiger charge is 2.44. The highest BCUT2D eigenvalue weighted by Crippen LogP contribution is 2.42. The highest BCUT2D eigenvalue weighted by molar-refractivity contribution is 5.90. The molecule has 0 spiro atoms. The number of aliphatic hydroxyl groups excluding tert-OH is 1. The summed E-state index contributed by atoms with van der Waals surface area (Å²) in [6.07, 6.45) is -2.17. The van der Waals surface area contributed by atoms with Crippen LogP contribution in [-0.2, 0) is 10.8 Å². The van der Waals surface area contributed by atoms with Gasteiger partial charge < -0.3 is 14.6 Å². The van der Waals surface area contributed by atoms with Crippen LogP contribution in [0.5, 0.6) is 5.75 Å². The summed E-state index contributed by atoms with van der Waals surface area (Å²) < 4.78 is 38.9. The highest BCUT2D eigenvalue weighted by atomic mass is 19.3. The Labute approximate surface area is 128 Å². The Morgan fingerprint density at radius 2 is 2.26 bits per heavy atom. The Balaban J connectivity index is 1.75. The molecule has 120 valence electrons. The number of amides is 1. The predicted octanol–water partition coefficient (Wildman–Crippen LogP) is 1.63. The van der Waals surface area contributed by atoms with Gasteiger partial charge in [0, 0.05) is 18.5 Å². The maximum absolute atomic E-state index is 14.0. The van der Waals surface area contributed by atoms with Crippen molar-refractivity contribution in [2.24, 2.45) is 0 Å². The third-order valence-electron chi connectivity index (χ3n) is 3.73. The summed E-state index contributed by atoms with van der Waals surface area (Å²) in [6, 6.07) is 4.49. The van der Waals surface area contributed by atoms with Crippen molar-refractivity contribution in [2.45, 2.75) is 12.2 Å². The third kappa shape index (κ3) is 2.04. The summed E-state index contributed by atoms with van der Waals surface area (Å²) in [6.45, 7) is -0.166. The standard InChI is InChI=1S/C14H11F2N3O4/c15-14(16)12-17-3-4-18(12)10-2-1-8(5-11(10)23-14)19-6-9(7-20)22-13(19)21/h1-5,9,20H,6-7H2/t9-/m0/s1. The first-order valence-corrected chi connectivity index (χ1v) is 6.83. The first-order chi connectivity index (χ1) is 11.0. The van der Waals surface area contributed by atoms with Gasteiger partial charge in [0.15, 0.2) is 5.75 Å². The zero-order valence-electron chi connectivity index (χ0n) is 11.6. The molecule has 23 heavy (non-hydrogen) atoms. The number of carbonyl (C=O) groups excluding carboxylic acids is 1. The van der Waals surface area contributed by atoms with Gasteiger partial charge in [-0.1, -0.05) is 0 Å². The van der Waals surface area contributed by atoms with Crippen LogP contribution in [0, 0.1) is 0 Å². The molecule has 1 saturated heterocycles. The van der Waals surface area contributed by atoms with Gasteiger partial charge in [-0.3, -0.25) is 9.47 Å². The van der Waals surface area contributed by atoms with Gasteiger partial charge in [0.1, 0.15) is 6.10 Å². The molecule has 0 radical (unpaired) electrons. The summed E-state index contributed by atoms with van der Waals surface area (Å²) in [7, 11) is 0. The van der Waals surface area contributed by atoms with E-state index in [-0.39, 0.29) is 18.9 Å². The third-order valence-corrected chi connectivity index (χ3v) is 3.73. The lowest BCUT2D eigenvalue weighted by Crippen LogP contribution is -2.31. The molecule has 9 heteroatoms. The van der Waals surface area contributed by atoms with Gasteiger partial charge in [0.25, 0.3) is 0 Å². The van der Waals surface area contributed by atoms with Crippen molar-refractivity contribution < 1.29 is 28.2 Å². The van der Waals surface area contributed by atoms with Crippen LogP contribution >= 0.6 is 0 Å². The maximum atomic E-state index is 14.0. The molecule has 1 amide bonds. The van der Waals surface area contributed by atoms with E-state index in [0.29, 0.717) is 11.4 Å². The normalized spacial score (nSPS) is 21.4. The fraction of sp³-hybridized carbons (Fsp3) is 0.286. The fourth-order valence-corrected chi connectivity index (χ4v) is 2.68. The molecule has 1 aromatic carbocycles. The smallest absolute Gasteiger partial charge is 0.441 e. The molecule has 2 aliphatic heterocycles. The van der Waals surface area contributed by atoms with Gasteiger partial charge in [-0.25, -0.2) is 9.78 Å². The first kappa shape index (κ1) is 13.9. The van der Waals surface area contributed by atoms with Crippen LogP contribution in [0.2, 0.25) is 0 Å². The number of imidazole rings is 1. The molecule has 0 aliphatic carbocycles. The minimum atomic E-state index is -3.56. The van der Waals surface area contributed by atoms with E-state index in [4.69, 9.17) is 14.6 Å². The summed E-state index contributed by atoms with van der Waals surface area (Å²) in [4.78, 5) is 16.7. The Morgan fingerprint density at radius 1 is 1.43 bits per heavy atom. The number of aromatic nitrogens is 2. The summed E-state index contributed by atoms with van der Waals surface area (Å²) in [5.41, 5.74) is 0.752. The molecule has 0 unspecified atom stereocenters. The summed E-state index contributed by atoms with van der Waals surface area (Å²) in [5, 5.41) is 9.06. The molecular formula is C14H11F2N3O4. The number of anilines is 1. The predicted molar refractivity (Wildman–Crippen MR) is 72.8 cm³/mol. The SMILES string of the molecule is O=C1O[C@H](CO)CN1c1ccc2c(c1)OC(F)(F)c1nccn1-2. The second kappa shape index (κ2) is 4.66. The Bertz CT molecular complexity index is 792. The lowest BCUT2D eigenvalue weighted by Gasteiger charge is -2.27. The van der Waals surface area contributed by atoms with E-state index in [1.807, 2.05) is 0 Å². The summed E-state index contributed by atoms with van der Waals surface area (Å²) >= 11 is 0. The van der Waals surface area contributed by atoms with Gasteiger partial charge >= 0.3 is 12.2 Å². The van der Waals surface area contributed by atoms with E-state index in [0.717, 1.165) is 0 Å². The molecule has 2 aliphatic rings. The van der Waals surface area contributed by atoms with Crippen molar-refractivity contribution in [3.8, 4) is 11.4 Å². The van der Waals surface area contributed by atoms with E-state index < -0.39 is 24.1 Å². The lowest BCUT2D eigenvalue weighted by atomic mass is 10.2. The van der Waals surface area contributed by atoms with Crippen molar-refractivity contribution in [3.63, 3.8) is 0 Å². The van der Waals surface area contributed by atoms with Crippen molar-refractivity contribution in [1.82, 2.24) is 9.55 Å². The number of rotatable bonds is 2. The van der Waals surface area contributed by atoms with Crippen LogP contribution in [0.3, 0.4) is 0 Å². The van der Waals surface area contributed by atoms with Gasteiger partial charge in [-0.15, -0.1) is 0 Å². The average Bonchev–Trinajstić information content (AvgIpc) is 3.13. The van der Waals surface area contributed by atoms with Crippen LogP contribution in [0.15, 0.2) is 30.6 Å². The molecule has 1 aromatic heterocycles. The number of hydrogen-bond acceptors (Lipinski definition) is 5. The maximum Gasteiger partial charge on any atom is 0.461 e. The second-order valence-electron chi connectivity index (χ2n) is 5.19. The van der Waals surface area contributed by atoms with E-state index in [2.05, 4.69) is 4.98 Å². The van der Waals surface area contributed by atoms with Crippen LogP contribution in [0.25, 0.3) is 5.69 Å². The molecule has 2 aromatic rings. The molecule has 1 atom stereocenters. The van der Waals surface area contributed by atoms with Crippen LogP contribution in [-0.4, -0.2) is 40.0 Å². The number of fused-ring (bicyclic) bond motifs is 3. The number of aliphatic hydroxyl groups is 1. The Morgan fingerprint density at radius 3 is 3.00 bits per heavy atom.